The van der Waals surface area contributed by atoms with E-state index in [4.69, 9.17) is 4.74 Å². The third kappa shape index (κ3) is 5.17. The summed E-state index contributed by atoms with van der Waals surface area (Å²) in [6.45, 7) is -0.213. The van der Waals surface area contributed by atoms with Crippen LogP contribution < -0.4 is 14.4 Å². The van der Waals surface area contributed by atoms with Crippen molar-refractivity contribution in [3.63, 3.8) is 0 Å². The van der Waals surface area contributed by atoms with Crippen LogP contribution in [0.1, 0.15) is 0 Å². The van der Waals surface area contributed by atoms with Crippen LogP contribution in [0, 0.1) is 5.82 Å². The first kappa shape index (κ1) is 21.8. The molecule has 3 aromatic rings. The van der Waals surface area contributed by atoms with E-state index >= 15 is 0 Å². The van der Waals surface area contributed by atoms with Gasteiger partial charge in [-0.15, -0.1) is 0 Å². The molecular formula is C21H18BrFN2O4S. The van der Waals surface area contributed by atoms with Gasteiger partial charge in [0, 0.05) is 17.2 Å². The van der Waals surface area contributed by atoms with Crippen molar-refractivity contribution in [1.29, 1.82) is 0 Å². The van der Waals surface area contributed by atoms with Crippen molar-refractivity contribution in [2.75, 3.05) is 23.3 Å². The van der Waals surface area contributed by atoms with Gasteiger partial charge in [0.05, 0.1) is 5.69 Å². The van der Waals surface area contributed by atoms with Crippen LogP contribution in [-0.2, 0) is 14.8 Å². The first-order chi connectivity index (χ1) is 14.3. The van der Waals surface area contributed by atoms with Gasteiger partial charge in [0.15, 0.2) is 6.61 Å². The van der Waals surface area contributed by atoms with Crippen LogP contribution in [0.3, 0.4) is 0 Å². The minimum Gasteiger partial charge on any atom is -0.484 e. The second kappa shape index (κ2) is 9.27. The minimum atomic E-state index is -4.05. The molecule has 1 N–H and O–H groups in total. The number of carbonyl (C=O) groups is 1. The van der Waals surface area contributed by atoms with Gasteiger partial charge in [0.2, 0.25) is 0 Å². The zero-order chi connectivity index (χ0) is 21.7. The number of halogens is 2. The second-order valence-corrected chi connectivity index (χ2v) is 9.10. The molecule has 0 saturated heterocycles. The van der Waals surface area contributed by atoms with Crippen molar-refractivity contribution in [2.45, 2.75) is 4.90 Å². The van der Waals surface area contributed by atoms with Crippen molar-refractivity contribution in [3.05, 3.63) is 83.1 Å². The lowest BCUT2D eigenvalue weighted by molar-refractivity contribution is -0.118. The van der Waals surface area contributed by atoms with E-state index in [1.54, 1.807) is 18.2 Å². The average Bonchev–Trinajstić information content (AvgIpc) is 2.72. The standard InChI is InChI=1S/C21H18BrFN2O4S/c1-25(30(27,28)20-8-3-2-7-19(20)23)17-9-11-18(12-10-17)29-14-21(26)24-16-6-4-5-15(22)13-16/h2-13H,14H2,1H3,(H,24,26). The van der Waals surface area contributed by atoms with Crippen LogP contribution in [0.15, 0.2) is 82.2 Å². The number of ether oxygens (including phenoxy) is 1. The van der Waals surface area contributed by atoms with Crippen LogP contribution in [0.25, 0.3) is 0 Å². The van der Waals surface area contributed by atoms with E-state index < -0.39 is 20.7 Å². The predicted molar refractivity (Wildman–Crippen MR) is 117 cm³/mol. The molecule has 0 aliphatic rings. The summed E-state index contributed by atoms with van der Waals surface area (Å²) < 4.78 is 46.5. The fraction of sp³-hybridized carbons (Fsp3) is 0.0952. The molecule has 3 aromatic carbocycles. The molecule has 0 heterocycles. The molecule has 9 heteroatoms. The van der Waals surface area contributed by atoms with Gasteiger partial charge in [-0.05, 0) is 54.6 Å². The lowest BCUT2D eigenvalue weighted by Crippen LogP contribution is -2.27. The molecule has 30 heavy (non-hydrogen) atoms. The number of benzene rings is 3. The highest BCUT2D eigenvalue weighted by Crippen LogP contribution is 2.25. The Morgan fingerprint density at radius 1 is 1.07 bits per heavy atom. The molecule has 0 atom stereocenters. The minimum absolute atomic E-state index is 0.213. The average molecular weight is 493 g/mol. The summed E-state index contributed by atoms with van der Waals surface area (Å²) in [5.41, 5.74) is 0.956. The molecule has 0 aromatic heterocycles. The number of hydrogen-bond acceptors (Lipinski definition) is 4. The molecule has 0 bridgehead atoms. The van der Waals surface area contributed by atoms with Crippen LogP contribution in [0.5, 0.6) is 5.75 Å². The van der Waals surface area contributed by atoms with Gasteiger partial charge in [-0.3, -0.25) is 9.10 Å². The summed E-state index contributed by atoms with van der Waals surface area (Å²) in [6.07, 6.45) is 0. The van der Waals surface area contributed by atoms with Gasteiger partial charge >= 0.3 is 0 Å². The molecule has 0 fully saturated rings. The normalized spacial score (nSPS) is 11.0. The Hall–Kier alpha value is -2.91. The number of nitrogens with one attached hydrogen (secondary N) is 1. The number of hydrogen-bond donors (Lipinski definition) is 1. The topological polar surface area (TPSA) is 75.7 Å². The SMILES string of the molecule is CN(c1ccc(OCC(=O)Nc2cccc(Br)c2)cc1)S(=O)(=O)c1ccccc1F. The summed E-state index contributed by atoms with van der Waals surface area (Å²) in [5.74, 6) is -0.767. The fourth-order valence-corrected chi connectivity index (χ4v) is 4.26. The second-order valence-electron chi connectivity index (χ2n) is 6.24. The van der Waals surface area contributed by atoms with E-state index in [2.05, 4.69) is 21.2 Å². The summed E-state index contributed by atoms with van der Waals surface area (Å²) >= 11 is 3.33. The third-order valence-electron chi connectivity index (χ3n) is 4.15. The maximum absolute atomic E-state index is 13.9. The molecule has 3 rings (SSSR count). The third-order valence-corrected chi connectivity index (χ3v) is 6.47. The molecule has 6 nitrogen and oxygen atoms in total. The summed E-state index contributed by atoms with van der Waals surface area (Å²) in [7, 11) is -2.71. The van der Waals surface area contributed by atoms with Crippen molar-refractivity contribution < 1.29 is 22.3 Å². The number of sulfonamides is 1. The Bertz CT molecular complexity index is 1150. The van der Waals surface area contributed by atoms with Crippen molar-refractivity contribution >= 4 is 43.2 Å². The van der Waals surface area contributed by atoms with Crippen LogP contribution in [0.2, 0.25) is 0 Å². The Balaban J connectivity index is 1.63. The van der Waals surface area contributed by atoms with Crippen molar-refractivity contribution in [1.82, 2.24) is 0 Å². The van der Waals surface area contributed by atoms with Gasteiger partial charge in [-0.25, -0.2) is 12.8 Å². The van der Waals surface area contributed by atoms with Gasteiger partial charge in [-0.1, -0.05) is 34.1 Å². The molecule has 0 aliphatic heterocycles. The molecule has 0 saturated carbocycles. The summed E-state index contributed by atoms with van der Waals surface area (Å²) in [4.78, 5) is 11.6. The number of amides is 1. The smallest absolute Gasteiger partial charge is 0.266 e. The monoisotopic (exact) mass is 492 g/mol. The number of rotatable bonds is 7. The van der Waals surface area contributed by atoms with Crippen LogP contribution in [-0.4, -0.2) is 28.0 Å². The lowest BCUT2D eigenvalue weighted by atomic mass is 10.3. The highest BCUT2D eigenvalue weighted by molar-refractivity contribution is 9.10. The maximum atomic E-state index is 13.9. The van der Waals surface area contributed by atoms with Gasteiger partial charge < -0.3 is 10.1 Å². The van der Waals surface area contributed by atoms with Gasteiger partial charge in [0.1, 0.15) is 16.5 Å². The Morgan fingerprint density at radius 3 is 2.43 bits per heavy atom. The summed E-state index contributed by atoms with van der Waals surface area (Å²) in [5, 5.41) is 2.71. The zero-order valence-corrected chi connectivity index (χ0v) is 18.3. The van der Waals surface area contributed by atoms with E-state index in [1.165, 1.54) is 49.5 Å². The highest BCUT2D eigenvalue weighted by Gasteiger charge is 2.24. The Kier molecular flexibility index (Phi) is 6.73. The van der Waals surface area contributed by atoms with Crippen molar-refractivity contribution in [2.24, 2.45) is 0 Å². The first-order valence-electron chi connectivity index (χ1n) is 8.79. The summed E-state index contributed by atoms with van der Waals surface area (Å²) in [6, 6.07) is 18.4. The van der Waals surface area contributed by atoms with Crippen LogP contribution in [0.4, 0.5) is 15.8 Å². The number of nitrogens with zero attached hydrogens (tertiary/aromatic N) is 1. The Morgan fingerprint density at radius 2 is 1.77 bits per heavy atom. The zero-order valence-electron chi connectivity index (χ0n) is 15.9. The number of carbonyl (C=O) groups excluding carboxylic acids is 1. The van der Waals surface area contributed by atoms with E-state index in [1.807, 2.05) is 6.07 Å². The predicted octanol–water partition coefficient (Wildman–Crippen LogP) is 4.43. The lowest BCUT2D eigenvalue weighted by Gasteiger charge is -2.20. The Labute approximate surface area is 182 Å². The van der Waals surface area contributed by atoms with E-state index in [9.17, 15) is 17.6 Å². The molecule has 0 radical (unpaired) electrons. The molecule has 0 spiro atoms. The quantitative estimate of drug-likeness (QED) is 0.529. The molecule has 156 valence electrons. The van der Waals surface area contributed by atoms with Crippen molar-refractivity contribution in [3.8, 4) is 5.75 Å². The van der Waals surface area contributed by atoms with Gasteiger partial charge in [-0.2, -0.15) is 0 Å². The maximum Gasteiger partial charge on any atom is 0.266 e. The van der Waals surface area contributed by atoms with E-state index in [-0.39, 0.29) is 12.5 Å². The molecule has 0 unspecified atom stereocenters. The van der Waals surface area contributed by atoms with Gasteiger partial charge in [0.25, 0.3) is 15.9 Å². The van der Waals surface area contributed by atoms with Crippen LogP contribution >= 0.6 is 15.9 Å². The number of anilines is 2. The molecular weight excluding hydrogens is 475 g/mol. The van der Waals surface area contributed by atoms with E-state index in [0.717, 1.165) is 14.8 Å². The molecule has 1 amide bonds. The van der Waals surface area contributed by atoms with E-state index in [0.29, 0.717) is 17.1 Å². The largest absolute Gasteiger partial charge is 0.484 e. The highest BCUT2D eigenvalue weighted by atomic mass is 79.9. The first-order valence-corrected chi connectivity index (χ1v) is 11.0. The fourth-order valence-electron chi connectivity index (χ4n) is 2.60. The molecule has 0 aliphatic carbocycles.